The van der Waals surface area contributed by atoms with Gasteiger partial charge in [-0.1, -0.05) is 19.9 Å². The highest BCUT2D eigenvalue weighted by Gasteiger charge is 2.26. The van der Waals surface area contributed by atoms with Crippen LogP contribution >= 0.6 is 0 Å². The lowest BCUT2D eigenvalue weighted by Crippen LogP contribution is -2.43. The summed E-state index contributed by atoms with van der Waals surface area (Å²) < 4.78 is 5.13. The molecule has 16 heavy (non-hydrogen) atoms. The Bertz CT molecular complexity index is 171. The maximum atomic E-state index is 5.92. The van der Waals surface area contributed by atoms with Crippen LogP contribution in [-0.2, 0) is 4.74 Å². The van der Waals surface area contributed by atoms with E-state index in [9.17, 15) is 0 Å². The third-order valence-corrected chi connectivity index (χ3v) is 3.49. The van der Waals surface area contributed by atoms with E-state index in [1.165, 1.54) is 0 Å². The molecule has 0 spiro atoms. The third kappa shape index (κ3) is 5.10. The molecule has 3 nitrogen and oxygen atoms in total. The minimum atomic E-state index is 0.247. The molecule has 0 unspecified atom stereocenters. The van der Waals surface area contributed by atoms with E-state index in [0.29, 0.717) is 0 Å². The van der Waals surface area contributed by atoms with E-state index in [-0.39, 0.29) is 5.41 Å². The van der Waals surface area contributed by atoms with Gasteiger partial charge in [0, 0.05) is 26.7 Å². The van der Waals surface area contributed by atoms with E-state index in [2.05, 4.69) is 25.3 Å². The average molecular weight is 228 g/mol. The highest BCUT2D eigenvalue weighted by Crippen LogP contribution is 2.26. The molecule has 0 radical (unpaired) electrons. The molecule has 0 aromatic heterocycles. The molecule has 0 bridgehead atoms. The predicted octanol–water partition coefficient (Wildman–Crippen LogP) is 1.89. The zero-order valence-corrected chi connectivity index (χ0v) is 11.2. The number of rotatable bonds is 10. The average Bonchev–Trinajstić information content (AvgIpc) is 2.33. The Morgan fingerprint density at radius 1 is 1.38 bits per heavy atom. The number of ether oxygens (including phenoxy) is 1. The van der Waals surface area contributed by atoms with Crippen molar-refractivity contribution in [3.8, 4) is 0 Å². The number of hydrogen-bond donors (Lipinski definition) is 1. The van der Waals surface area contributed by atoms with E-state index in [1.54, 1.807) is 7.11 Å². The quantitative estimate of drug-likeness (QED) is 0.580. The molecule has 0 aliphatic carbocycles. The molecule has 0 fully saturated rings. The van der Waals surface area contributed by atoms with E-state index >= 15 is 0 Å². The van der Waals surface area contributed by atoms with E-state index < -0.39 is 0 Å². The minimum Gasteiger partial charge on any atom is -0.383 e. The summed E-state index contributed by atoms with van der Waals surface area (Å²) in [5.74, 6) is 0. The lowest BCUT2D eigenvalue weighted by molar-refractivity contribution is 0.111. The summed E-state index contributed by atoms with van der Waals surface area (Å²) >= 11 is 0. The molecule has 0 heterocycles. The zero-order valence-electron chi connectivity index (χ0n) is 11.2. The predicted molar refractivity (Wildman–Crippen MR) is 70.6 cm³/mol. The van der Waals surface area contributed by atoms with E-state index in [0.717, 1.165) is 45.6 Å². The summed E-state index contributed by atoms with van der Waals surface area (Å²) in [6, 6.07) is 0. The van der Waals surface area contributed by atoms with Crippen LogP contribution in [0.4, 0.5) is 0 Å². The van der Waals surface area contributed by atoms with E-state index in [4.69, 9.17) is 10.5 Å². The summed E-state index contributed by atoms with van der Waals surface area (Å²) in [6.45, 7) is 12.7. The maximum absolute atomic E-state index is 5.92. The third-order valence-electron chi connectivity index (χ3n) is 3.49. The van der Waals surface area contributed by atoms with Crippen molar-refractivity contribution in [2.24, 2.45) is 11.1 Å². The summed E-state index contributed by atoms with van der Waals surface area (Å²) in [4.78, 5) is 2.37. The van der Waals surface area contributed by atoms with Crippen LogP contribution in [0.15, 0.2) is 12.7 Å². The van der Waals surface area contributed by atoms with Crippen molar-refractivity contribution in [2.75, 3.05) is 39.9 Å². The fourth-order valence-electron chi connectivity index (χ4n) is 1.94. The SMILES string of the molecule is C=CCN(CCOC)CC(CC)(CC)CN. The van der Waals surface area contributed by atoms with Crippen molar-refractivity contribution in [3.63, 3.8) is 0 Å². The van der Waals surface area contributed by atoms with Crippen molar-refractivity contribution >= 4 is 0 Å². The molecule has 0 aromatic carbocycles. The Balaban J connectivity index is 4.36. The maximum Gasteiger partial charge on any atom is 0.0589 e. The number of nitrogens with two attached hydrogens (primary N) is 1. The van der Waals surface area contributed by atoms with Crippen molar-refractivity contribution in [3.05, 3.63) is 12.7 Å². The number of nitrogens with zero attached hydrogens (tertiary/aromatic N) is 1. The molecule has 96 valence electrons. The minimum absolute atomic E-state index is 0.247. The summed E-state index contributed by atoms with van der Waals surface area (Å²) in [7, 11) is 1.74. The van der Waals surface area contributed by atoms with Gasteiger partial charge in [0.25, 0.3) is 0 Å². The first-order chi connectivity index (χ1) is 7.67. The smallest absolute Gasteiger partial charge is 0.0589 e. The Hall–Kier alpha value is -0.380. The normalized spacial score (nSPS) is 12.1. The van der Waals surface area contributed by atoms with Crippen molar-refractivity contribution in [1.82, 2.24) is 4.90 Å². The monoisotopic (exact) mass is 228 g/mol. The van der Waals surface area contributed by atoms with Crippen LogP contribution in [-0.4, -0.2) is 44.8 Å². The molecule has 0 aliphatic heterocycles. The number of hydrogen-bond acceptors (Lipinski definition) is 3. The fraction of sp³-hybridized carbons (Fsp3) is 0.846. The molecule has 0 amide bonds. The Kier molecular flexibility index (Phi) is 8.53. The molecule has 0 atom stereocenters. The first-order valence-corrected chi connectivity index (χ1v) is 6.20. The van der Waals surface area contributed by atoms with Crippen LogP contribution in [0.1, 0.15) is 26.7 Å². The molecular formula is C13H28N2O. The second-order valence-corrected chi connectivity index (χ2v) is 4.43. The molecule has 0 aromatic rings. The second kappa shape index (κ2) is 8.74. The molecule has 0 aliphatic rings. The zero-order chi connectivity index (χ0) is 12.4. The molecule has 2 N–H and O–H groups in total. The van der Waals surface area contributed by atoms with Crippen LogP contribution in [0.5, 0.6) is 0 Å². The molecule has 0 rings (SSSR count). The Labute approximate surface area is 101 Å². The highest BCUT2D eigenvalue weighted by molar-refractivity contribution is 4.84. The highest BCUT2D eigenvalue weighted by atomic mass is 16.5. The molecular weight excluding hydrogens is 200 g/mol. The fourth-order valence-corrected chi connectivity index (χ4v) is 1.94. The van der Waals surface area contributed by atoms with Gasteiger partial charge in [-0.05, 0) is 24.8 Å². The largest absolute Gasteiger partial charge is 0.383 e. The number of methoxy groups -OCH3 is 1. The lowest BCUT2D eigenvalue weighted by atomic mass is 9.82. The van der Waals surface area contributed by atoms with Crippen molar-refractivity contribution < 1.29 is 4.74 Å². The van der Waals surface area contributed by atoms with Crippen LogP contribution in [0.25, 0.3) is 0 Å². The molecule has 3 heteroatoms. The lowest BCUT2D eigenvalue weighted by Gasteiger charge is -2.36. The van der Waals surface area contributed by atoms with Crippen LogP contribution in [0.2, 0.25) is 0 Å². The van der Waals surface area contributed by atoms with Gasteiger partial charge in [-0.15, -0.1) is 6.58 Å². The van der Waals surface area contributed by atoms with Crippen molar-refractivity contribution in [1.29, 1.82) is 0 Å². The first kappa shape index (κ1) is 15.6. The topological polar surface area (TPSA) is 38.5 Å². The van der Waals surface area contributed by atoms with Gasteiger partial charge in [-0.2, -0.15) is 0 Å². The van der Waals surface area contributed by atoms with Crippen molar-refractivity contribution in [2.45, 2.75) is 26.7 Å². The summed E-state index contributed by atoms with van der Waals surface area (Å²) in [5.41, 5.74) is 6.16. The second-order valence-electron chi connectivity index (χ2n) is 4.43. The first-order valence-electron chi connectivity index (χ1n) is 6.20. The van der Waals surface area contributed by atoms with Gasteiger partial charge in [-0.3, -0.25) is 4.90 Å². The molecule has 0 saturated heterocycles. The van der Waals surface area contributed by atoms with Gasteiger partial charge < -0.3 is 10.5 Å². The van der Waals surface area contributed by atoms with E-state index in [1.807, 2.05) is 6.08 Å². The van der Waals surface area contributed by atoms with Gasteiger partial charge in [0.2, 0.25) is 0 Å². The van der Waals surface area contributed by atoms with Gasteiger partial charge in [0.15, 0.2) is 0 Å². The summed E-state index contributed by atoms with van der Waals surface area (Å²) in [6.07, 6.45) is 4.20. The summed E-state index contributed by atoms with van der Waals surface area (Å²) in [5, 5.41) is 0. The van der Waals surface area contributed by atoms with Crippen LogP contribution < -0.4 is 5.73 Å². The molecule has 0 saturated carbocycles. The van der Waals surface area contributed by atoms with Crippen LogP contribution in [0.3, 0.4) is 0 Å². The van der Waals surface area contributed by atoms with Gasteiger partial charge in [0.1, 0.15) is 0 Å². The van der Waals surface area contributed by atoms with Gasteiger partial charge in [0.05, 0.1) is 6.61 Å². The van der Waals surface area contributed by atoms with Gasteiger partial charge >= 0.3 is 0 Å². The Morgan fingerprint density at radius 2 is 2.00 bits per heavy atom. The van der Waals surface area contributed by atoms with Gasteiger partial charge in [-0.25, -0.2) is 0 Å². The standard InChI is InChI=1S/C13H28N2O/c1-5-8-15(9-10-16-4)12-13(6-2,7-3)11-14/h5H,1,6-12,14H2,2-4H3. The van der Waals surface area contributed by atoms with Crippen LogP contribution in [0, 0.1) is 5.41 Å². The Morgan fingerprint density at radius 3 is 2.38 bits per heavy atom.